The average molecular weight is 252 g/mol. The molecule has 1 unspecified atom stereocenters. The van der Waals surface area contributed by atoms with Crippen LogP contribution in [0.3, 0.4) is 0 Å². The van der Waals surface area contributed by atoms with Crippen molar-refractivity contribution < 1.29 is 19.1 Å². The van der Waals surface area contributed by atoms with Crippen molar-refractivity contribution in [1.82, 2.24) is 5.32 Å². The quantitative estimate of drug-likeness (QED) is 0.755. The maximum Gasteiger partial charge on any atom is 0.335 e. The molecule has 0 aromatic heterocycles. The zero-order valence-corrected chi connectivity index (χ0v) is 9.57. The van der Waals surface area contributed by atoms with Crippen molar-refractivity contribution >= 4 is 17.6 Å². The predicted octanol–water partition coefficient (Wildman–Crippen LogP) is 1.21. The van der Waals surface area contributed by atoms with Crippen LogP contribution in [0, 0.1) is 5.82 Å². The number of anilines is 1. The number of carboxylic acid groups (broad SMARTS) is 1. The molecule has 0 radical (unpaired) electrons. The van der Waals surface area contributed by atoms with Gasteiger partial charge in [0.2, 0.25) is 5.91 Å². The fourth-order valence-electron chi connectivity index (χ4n) is 1.88. The number of aromatic carboxylic acids is 1. The van der Waals surface area contributed by atoms with Crippen molar-refractivity contribution in [2.75, 3.05) is 11.9 Å². The lowest BCUT2D eigenvalue weighted by Gasteiger charge is -2.12. The van der Waals surface area contributed by atoms with Crippen LogP contribution in [0.25, 0.3) is 0 Å². The van der Waals surface area contributed by atoms with E-state index in [-0.39, 0.29) is 23.2 Å². The highest BCUT2D eigenvalue weighted by Gasteiger charge is 2.23. The van der Waals surface area contributed by atoms with Crippen molar-refractivity contribution in [3.05, 3.63) is 29.6 Å². The van der Waals surface area contributed by atoms with Crippen LogP contribution in [0.5, 0.6) is 0 Å². The summed E-state index contributed by atoms with van der Waals surface area (Å²) in [6.45, 7) is 0.760. The lowest BCUT2D eigenvalue weighted by molar-refractivity contribution is -0.117. The normalized spacial score (nSPS) is 18.6. The van der Waals surface area contributed by atoms with Crippen molar-refractivity contribution in [2.45, 2.75) is 18.9 Å². The highest BCUT2D eigenvalue weighted by molar-refractivity contribution is 5.96. The van der Waals surface area contributed by atoms with Crippen LogP contribution in [0.4, 0.5) is 10.1 Å². The summed E-state index contributed by atoms with van der Waals surface area (Å²) in [6, 6.07) is 2.96. The topological polar surface area (TPSA) is 78.4 Å². The molecule has 3 N–H and O–H groups in total. The number of rotatable bonds is 3. The van der Waals surface area contributed by atoms with Gasteiger partial charge in [-0.3, -0.25) is 4.79 Å². The highest BCUT2D eigenvalue weighted by Crippen LogP contribution is 2.17. The largest absolute Gasteiger partial charge is 0.478 e. The number of carbonyl (C=O) groups excluding carboxylic acids is 1. The van der Waals surface area contributed by atoms with E-state index in [2.05, 4.69) is 10.6 Å². The molecule has 1 saturated heterocycles. The molecule has 1 aromatic rings. The molecular formula is C12H13FN2O3. The first-order valence-corrected chi connectivity index (χ1v) is 5.65. The molecule has 1 fully saturated rings. The number of carbonyl (C=O) groups is 2. The van der Waals surface area contributed by atoms with Crippen molar-refractivity contribution in [3.63, 3.8) is 0 Å². The molecule has 6 heteroatoms. The fraction of sp³-hybridized carbons (Fsp3) is 0.333. The molecule has 0 bridgehead atoms. The van der Waals surface area contributed by atoms with E-state index in [1.165, 1.54) is 0 Å². The molecule has 1 aromatic carbocycles. The standard InChI is InChI=1S/C12H13FN2O3/c13-8-4-3-7(12(17)18)6-10(8)15-11(16)9-2-1-5-14-9/h3-4,6,9,14H,1-2,5H2,(H,15,16)(H,17,18). The van der Waals surface area contributed by atoms with Gasteiger partial charge in [-0.15, -0.1) is 0 Å². The van der Waals surface area contributed by atoms with Gasteiger partial charge in [-0.05, 0) is 37.6 Å². The summed E-state index contributed by atoms with van der Waals surface area (Å²) >= 11 is 0. The van der Waals surface area contributed by atoms with Gasteiger partial charge < -0.3 is 15.7 Å². The summed E-state index contributed by atoms with van der Waals surface area (Å²) in [5.74, 6) is -2.15. The van der Waals surface area contributed by atoms with Crippen LogP contribution in [-0.2, 0) is 4.79 Å². The monoisotopic (exact) mass is 252 g/mol. The van der Waals surface area contributed by atoms with E-state index in [0.29, 0.717) is 6.42 Å². The Kier molecular flexibility index (Phi) is 3.57. The molecule has 1 heterocycles. The SMILES string of the molecule is O=C(O)c1ccc(F)c(NC(=O)C2CCCN2)c1. The highest BCUT2D eigenvalue weighted by atomic mass is 19.1. The van der Waals surface area contributed by atoms with Gasteiger partial charge in [-0.2, -0.15) is 0 Å². The van der Waals surface area contributed by atoms with Crippen molar-refractivity contribution in [3.8, 4) is 0 Å². The van der Waals surface area contributed by atoms with Gasteiger partial charge in [0.05, 0.1) is 17.3 Å². The number of hydrogen-bond donors (Lipinski definition) is 3. The Labute approximate surface area is 103 Å². The first kappa shape index (κ1) is 12.5. The lowest BCUT2D eigenvalue weighted by Crippen LogP contribution is -2.35. The van der Waals surface area contributed by atoms with Gasteiger partial charge in [0.1, 0.15) is 5.82 Å². The summed E-state index contributed by atoms with van der Waals surface area (Å²) in [7, 11) is 0. The molecule has 0 saturated carbocycles. The summed E-state index contributed by atoms with van der Waals surface area (Å²) < 4.78 is 13.5. The average Bonchev–Trinajstić information content (AvgIpc) is 2.85. The lowest BCUT2D eigenvalue weighted by atomic mass is 10.1. The summed E-state index contributed by atoms with van der Waals surface area (Å²) in [5, 5.41) is 14.2. The molecule has 5 nitrogen and oxygen atoms in total. The molecule has 1 aliphatic heterocycles. The van der Waals surface area contributed by atoms with E-state index in [0.717, 1.165) is 31.2 Å². The van der Waals surface area contributed by atoms with Crippen LogP contribution in [0.2, 0.25) is 0 Å². The molecule has 2 rings (SSSR count). The smallest absolute Gasteiger partial charge is 0.335 e. The number of carboxylic acids is 1. The van der Waals surface area contributed by atoms with Crippen molar-refractivity contribution in [1.29, 1.82) is 0 Å². The second-order valence-corrected chi connectivity index (χ2v) is 4.14. The van der Waals surface area contributed by atoms with Crippen LogP contribution < -0.4 is 10.6 Å². The molecule has 1 aliphatic rings. The summed E-state index contributed by atoms with van der Waals surface area (Å²) in [6.07, 6.45) is 1.60. The maximum absolute atomic E-state index is 13.5. The Morgan fingerprint density at radius 2 is 2.22 bits per heavy atom. The van der Waals surface area contributed by atoms with Crippen LogP contribution >= 0.6 is 0 Å². The van der Waals surface area contributed by atoms with E-state index >= 15 is 0 Å². The van der Waals surface area contributed by atoms with E-state index < -0.39 is 11.8 Å². The van der Waals surface area contributed by atoms with Gasteiger partial charge in [0.15, 0.2) is 0 Å². The van der Waals surface area contributed by atoms with E-state index in [4.69, 9.17) is 5.11 Å². The fourth-order valence-corrected chi connectivity index (χ4v) is 1.88. The van der Waals surface area contributed by atoms with E-state index in [1.807, 2.05) is 0 Å². The van der Waals surface area contributed by atoms with Gasteiger partial charge in [-0.1, -0.05) is 0 Å². The zero-order valence-electron chi connectivity index (χ0n) is 9.57. The molecule has 0 aliphatic carbocycles. The minimum absolute atomic E-state index is 0.0638. The van der Waals surface area contributed by atoms with Gasteiger partial charge in [0, 0.05) is 0 Å². The van der Waals surface area contributed by atoms with Crippen LogP contribution in [0.15, 0.2) is 18.2 Å². The minimum atomic E-state index is -1.16. The minimum Gasteiger partial charge on any atom is -0.478 e. The van der Waals surface area contributed by atoms with Gasteiger partial charge in [0.25, 0.3) is 0 Å². The van der Waals surface area contributed by atoms with Crippen molar-refractivity contribution in [2.24, 2.45) is 0 Å². The van der Waals surface area contributed by atoms with Gasteiger partial charge in [-0.25, -0.2) is 9.18 Å². The summed E-state index contributed by atoms with van der Waals surface area (Å²) in [5.41, 5.74) is -0.167. The van der Waals surface area contributed by atoms with E-state index in [1.54, 1.807) is 0 Å². The molecule has 1 amide bonds. The number of amides is 1. The Morgan fingerprint density at radius 1 is 1.44 bits per heavy atom. The molecule has 18 heavy (non-hydrogen) atoms. The Morgan fingerprint density at radius 3 is 2.83 bits per heavy atom. The third-order valence-electron chi connectivity index (χ3n) is 2.85. The third kappa shape index (κ3) is 2.65. The number of nitrogens with one attached hydrogen (secondary N) is 2. The first-order chi connectivity index (χ1) is 8.58. The Balaban J connectivity index is 2.14. The van der Waals surface area contributed by atoms with Gasteiger partial charge >= 0.3 is 5.97 Å². The molecule has 96 valence electrons. The maximum atomic E-state index is 13.5. The van der Waals surface area contributed by atoms with Crippen LogP contribution in [0.1, 0.15) is 23.2 Å². The number of hydrogen-bond acceptors (Lipinski definition) is 3. The number of benzene rings is 1. The summed E-state index contributed by atoms with van der Waals surface area (Å²) in [4.78, 5) is 22.5. The zero-order chi connectivity index (χ0) is 13.1. The molecule has 1 atom stereocenters. The second kappa shape index (κ2) is 5.14. The third-order valence-corrected chi connectivity index (χ3v) is 2.85. The second-order valence-electron chi connectivity index (χ2n) is 4.14. The number of halogens is 1. The molecular weight excluding hydrogens is 239 g/mol. The van der Waals surface area contributed by atoms with Crippen LogP contribution in [-0.4, -0.2) is 29.6 Å². The molecule has 0 spiro atoms. The van der Waals surface area contributed by atoms with E-state index in [9.17, 15) is 14.0 Å². The predicted molar refractivity (Wildman–Crippen MR) is 63.0 cm³/mol. The first-order valence-electron chi connectivity index (χ1n) is 5.65. The Bertz CT molecular complexity index is 484. The Hall–Kier alpha value is -1.95.